The normalized spacial score (nSPS) is 14.8. The Labute approximate surface area is 140 Å². The van der Waals surface area contributed by atoms with Crippen molar-refractivity contribution in [3.8, 4) is 6.07 Å². The molecule has 0 amide bonds. The van der Waals surface area contributed by atoms with Crippen LogP contribution in [-0.2, 0) is 4.74 Å². The third kappa shape index (κ3) is 4.62. The number of benzene rings is 1. The summed E-state index contributed by atoms with van der Waals surface area (Å²) in [5.41, 5.74) is 1.42. The molecule has 1 aliphatic rings. The molecule has 0 atom stereocenters. The van der Waals surface area contributed by atoms with Gasteiger partial charge in [-0.3, -0.25) is 4.90 Å². The number of anilines is 3. The molecule has 0 bridgehead atoms. The third-order valence-electron chi connectivity index (χ3n) is 3.67. The highest BCUT2D eigenvalue weighted by molar-refractivity contribution is 5.55. The molecular weight excluding hydrogens is 306 g/mol. The molecule has 1 fully saturated rings. The number of aromatic nitrogens is 3. The topological polar surface area (TPSA) is 99.0 Å². The van der Waals surface area contributed by atoms with Gasteiger partial charge in [0, 0.05) is 31.9 Å². The molecule has 2 heterocycles. The van der Waals surface area contributed by atoms with E-state index < -0.39 is 0 Å². The number of nitrogens with zero attached hydrogens (tertiary/aromatic N) is 5. The van der Waals surface area contributed by atoms with Crippen LogP contribution in [0.3, 0.4) is 0 Å². The largest absolute Gasteiger partial charge is 0.379 e. The quantitative estimate of drug-likeness (QED) is 0.818. The standard InChI is InChI=1S/C16H19N7O/c17-11-13-1-3-14(4-2-13)20-16-21-15(12-19-22-16)18-5-6-23-7-9-24-10-8-23/h1-4,12H,5-10H2,(H2,18,20,21,22). The second-order valence-electron chi connectivity index (χ2n) is 5.36. The lowest BCUT2D eigenvalue weighted by Gasteiger charge is -2.26. The van der Waals surface area contributed by atoms with E-state index in [0.717, 1.165) is 45.1 Å². The molecule has 24 heavy (non-hydrogen) atoms. The van der Waals surface area contributed by atoms with Crippen LogP contribution in [-0.4, -0.2) is 59.5 Å². The molecule has 0 saturated carbocycles. The smallest absolute Gasteiger partial charge is 0.249 e. The van der Waals surface area contributed by atoms with Crippen LogP contribution in [0.25, 0.3) is 0 Å². The minimum Gasteiger partial charge on any atom is -0.379 e. The molecule has 0 spiro atoms. The van der Waals surface area contributed by atoms with Crippen LogP contribution in [0, 0.1) is 11.3 Å². The lowest BCUT2D eigenvalue weighted by Crippen LogP contribution is -2.39. The monoisotopic (exact) mass is 325 g/mol. The number of rotatable bonds is 6. The minimum absolute atomic E-state index is 0.413. The van der Waals surface area contributed by atoms with Crippen molar-refractivity contribution in [3.05, 3.63) is 36.0 Å². The Morgan fingerprint density at radius 1 is 1.21 bits per heavy atom. The molecule has 1 aromatic carbocycles. The predicted molar refractivity (Wildman–Crippen MR) is 90.0 cm³/mol. The summed E-state index contributed by atoms with van der Waals surface area (Å²) >= 11 is 0. The molecule has 1 aromatic heterocycles. The first kappa shape index (κ1) is 16.1. The van der Waals surface area contributed by atoms with Crippen molar-refractivity contribution < 1.29 is 4.74 Å². The van der Waals surface area contributed by atoms with Crippen LogP contribution >= 0.6 is 0 Å². The summed E-state index contributed by atoms with van der Waals surface area (Å²) in [6.45, 7) is 5.26. The summed E-state index contributed by atoms with van der Waals surface area (Å²) < 4.78 is 5.33. The van der Waals surface area contributed by atoms with Crippen LogP contribution in [0.5, 0.6) is 0 Å². The Bertz CT molecular complexity index is 692. The summed E-state index contributed by atoms with van der Waals surface area (Å²) in [6, 6.07) is 9.17. The predicted octanol–water partition coefficient (Wildman–Crippen LogP) is 1.23. The van der Waals surface area contributed by atoms with E-state index in [9.17, 15) is 0 Å². The molecule has 1 saturated heterocycles. The Morgan fingerprint density at radius 2 is 2.00 bits per heavy atom. The van der Waals surface area contributed by atoms with Gasteiger partial charge >= 0.3 is 0 Å². The van der Waals surface area contributed by atoms with Gasteiger partial charge in [-0.15, -0.1) is 5.10 Å². The molecule has 0 aliphatic carbocycles. The summed E-state index contributed by atoms with van der Waals surface area (Å²) in [7, 11) is 0. The van der Waals surface area contributed by atoms with Crippen LogP contribution in [0.4, 0.5) is 17.5 Å². The maximum absolute atomic E-state index is 8.81. The van der Waals surface area contributed by atoms with E-state index >= 15 is 0 Å². The first-order valence-electron chi connectivity index (χ1n) is 7.84. The van der Waals surface area contributed by atoms with Crippen molar-refractivity contribution in [2.24, 2.45) is 0 Å². The summed E-state index contributed by atoms with van der Waals surface area (Å²) in [5.74, 6) is 1.09. The number of hydrogen-bond acceptors (Lipinski definition) is 8. The SMILES string of the molecule is N#Cc1ccc(Nc2nncc(NCCN3CCOCC3)n2)cc1. The summed E-state index contributed by atoms with van der Waals surface area (Å²) in [5, 5.41) is 23.1. The highest BCUT2D eigenvalue weighted by Crippen LogP contribution is 2.14. The average molecular weight is 325 g/mol. The minimum atomic E-state index is 0.413. The van der Waals surface area contributed by atoms with Gasteiger partial charge in [-0.25, -0.2) is 0 Å². The molecule has 0 unspecified atom stereocenters. The summed E-state index contributed by atoms with van der Waals surface area (Å²) in [4.78, 5) is 6.74. The van der Waals surface area contributed by atoms with Gasteiger partial charge < -0.3 is 15.4 Å². The van der Waals surface area contributed by atoms with Crippen LogP contribution in [0.15, 0.2) is 30.5 Å². The van der Waals surface area contributed by atoms with Crippen molar-refractivity contribution in [2.75, 3.05) is 50.0 Å². The molecule has 8 heteroatoms. The van der Waals surface area contributed by atoms with Gasteiger partial charge in [-0.1, -0.05) is 0 Å². The average Bonchev–Trinajstić information content (AvgIpc) is 2.64. The van der Waals surface area contributed by atoms with Crippen LogP contribution in [0.1, 0.15) is 5.56 Å². The van der Waals surface area contributed by atoms with Gasteiger partial charge in [0.15, 0.2) is 5.82 Å². The van der Waals surface area contributed by atoms with E-state index in [4.69, 9.17) is 10.00 Å². The van der Waals surface area contributed by atoms with E-state index in [0.29, 0.717) is 17.3 Å². The fourth-order valence-corrected chi connectivity index (χ4v) is 2.37. The number of nitrogens with one attached hydrogen (secondary N) is 2. The lowest BCUT2D eigenvalue weighted by molar-refractivity contribution is 0.0398. The van der Waals surface area contributed by atoms with Gasteiger partial charge in [0.2, 0.25) is 5.95 Å². The Hall–Kier alpha value is -2.76. The first-order valence-corrected chi connectivity index (χ1v) is 7.84. The zero-order valence-corrected chi connectivity index (χ0v) is 13.3. The van der Waals surface area contributed by atoms with Gasteiger partial charge in [0.1, 0.15) is 0 Å². The highest BCUT2D eigenvalue weighted by Gasteiger charge is 2.09. The Kier molecular flexibility index (Phi) is 5.50. The lowest BCUT2D eigenvalue weighted by atomic mass is 10.2. The van der Waals surface area contributed by atoms with Gasteiger partial charge in [-0.2, -0.15) is 15.3 Å². The van der Waals surface area contributed by atoms with Crippen molar-refractivity contribution in [3.63, 3.8) is 0 Å². The summed E-state index contributed by atoms with van der Waals surface area (Å²) in [6.07, 6.45) is 1.60. The maximum Gasteiger partial charge on any atom is 0.249 e. The highest BCUT2D eigenvalue weighted by atomic mass is 16.5. The van der Waals surface area contributed by atoms with Crippen molar-refractivity contribution >= 4 is 17.5 Å². The van der Waals surface area contributed by atoms with Crippen molar-refractivity contribution in [2.45, 2.75) is 0 Å². The second kappa shape index (κ2) is 8.19. The fourth-order valence-electron chi connectivity index (χ4n) is 2.37. The number of morpholine rings is 1. The van der Waals surface area contributed by atoms with Crippen LogP contribution in [0.2, 0.25) is 0 Å². The first-order chi connectivity index (χ1) is 11.8. The zero-order chi connectivity index (χ0) is 16.6. The molecule has 0 radical (unpaired) electrons. The van der Waals surface area contributed by atoms with Crippen molar-refractivity contribution in [1.82, 2.24) is 20.1 Å². The molecule has 1 aliphatic heterocycles. The Balaban J connectivity index is 1.52. The molecule has 8 nitrogen and oxygen atoms in total. The number of hydrogen-bond donors (Lipinski definition) is 2. The van der Waals surface area contributed by atoms with Crippen molar-refractivity contribution in [1.29, 1.82) is 5.26 Å². The van der Waals surface area contributed by atoms with E-state index in [-0.39, 0.29) is 0 Å². The molecule has 3 rings (SSSR count). The third-order valence-corrected chi connectivity index (χ3v) is 3.67. The van der Waals surface area contributed by atoms with Gasteiger partial charge in [0.05, 0.1) is 31.0 Å². The van der Waals surface area contributed by atoms with E-state index in [2.05, 4.69) is 36.8 Å². The van der Waals surface area contributed by atoms with E-state index in [1.807, 2.05) is 0 Å². The molecule has 2 aromatic rings. The van der Waals surface area contributed by atoms with Gasteiger partial charge in [-0.05, 0) is 24.3 Å². The Morgan fingerprint density at radius 3 is 2.75 bits per heavy atom. The molecular formula is C16H19N7O. The number of nitriles is 1. The van der Waals surface area contributed by atoms with Gasteiger partial charge in [0.25, 0.3) is 0 Å². The van der Waals surface area contributed by atoms with E-state index in [1.54, 1.807) is 30.5 Å². The molecule has 124 valence electrons. The number of ether oxygens (including phenoxy) is 1. The fraction of sp³-hybridized carbons (Fsp3) is 0.375. The molecule has 2 N–H and O–H groups in total. The second-order valence-corrected chi connectivity index (χ2v) is 5.36. The van der Waals surface area contributed by atoms with Crippen LogP contribution < -0.4 is 10.6 Å². The zero-order valence-electron chi connectivity index (χ0n) is 13.3. The van der Waals surface area contributed by atoms with E-state index in [1.165, 1.54) is 0 Å². The maximum atomic E-state index is 8.81.